The van der Waals surface area contributed by atoms with Crippen LogP contribution < -0.4 is 5.32 Å². The van der Waals surface area contributed by atoms with Crippen molar-refractivity contribution in [2.45, 2.75) is 44.9 Å². The highest BCUT2D eigenvalue weighted by atomic mass is 32.1. The van der Waals surface area contributed by atoms with Gasteiger partial charge in [-0.2, -0.15) is 27.0 Å². The molecule has 2 aromatic rings. The highest BCUT2D eigenvalue weighted by Crippen LogP contribution is 2.27. The highest BCUT2D eigenvalue weighted by molar-refractivity contribution is 7.59. The topological polar surface area (TPSA) is 88.9 Å². The van der Waals surface area contributed by atoms with E-state index in [2.05, 4.69) is 5.32 Å². The van der Waals surface area contributed by atoms with Crippen LogP contribution in [0.5, 0.6) is 0 Å². The maximum absolute atomic E-state index is 13.4. The van der Waals surface area contributed by atoms with E-state index in [-0.39, 0.29) is 64.7 Å². The molecule has 0 bridgehead atoms. The van der Waals surface area contributed by atoms with Gasteiger partial charge in [-0.1, -0.05) is 37.8 Å². The van der Waals surface area contributed by atoms with Crippen molar-refractivity contribution in [3.8, 4) is 0 Å². The molecule has 0 unspecified atom stereocenters. The molecular weight excluding hydrogens is 436 g/mol. The number of nitrogens with one attached hydrogen (secondary N) is 1. The van der Waals surface area contributed by atoms with Crippen LogP contribution in [-0.2, 0) is 20.7 Å². The zero-order valence-corrected chi connectivity index (χ0v) is 18.4. The van der Waals surface area contributed by atoms with E-state index < -0.39 is 12.1 Å². The largest absolute Gasteiger partial charge is 0.472 e. The average Bonchev–Trinajstić information content (AvgIpc) is 3.38. The van der Waals surface area contributed by atoms with Crippen LogP contribution >= 0.6 is 27.0 Å². The minimum Gasteiger partial charge on any atom is -0.472 e. The van der Waals surface area contributed by atoms with Gasteiger partial charge in [0.05, 0.1) is 17.9 Å². The zero-order valence-electron chi connectivity index (χ0n) is 16.4. The number of nitrogens with zero attached hydrogens (tertiary/aromatic N) is 1. The number of Topliss-reactive ketones (excluding diaryl/α,β-unsaturated/α-hetero) is 1. The maximum atomic E-state index is 13.4. The van der Waals surface area contributed by atoms with Gasteiger partial charge in [-0.05, 0) is 24.5 Å². The molecule has 0 spiro atoms. The Morgan fingerprint density at radius 1 is 1.16 bits per heavy atom. The number of hydrogen-bond donors (Lipinski definition) is 1. The lowest BCUT2D eigenvalue weighted by molar-refractivity contribution is -0.142. The smallest absolute Gasteiger partial charge is 0.255 e. The number of carbonyl (C=O) groups excluding carboxylic acids is 3. The molecule has 2 aliphatic rings. The van der Waals surface area contributed by atoms with Crippen LogP contribution in [0, 0.1) is 0 Å². The molecule has 0 aliphatic carbocycles. The first-order valence-corrected chi connectivity index (χ1v) is 9.45. The Balaban J connectivity index is 0.00000160. The maximum Gasteiger partial charge on any atom is 0.255 e. The number of carbonyl (C=O) groups is 3. The van der Waals surface area contributed by atoms with Crippen molar-refractivity contribution in [3.63, 3.8) is 0 Å². The fourth-order valence-corrected chi connectivity index (χ4v) is 3.92. The lowest BCUT2D eigenvalue weighted by Crippen LogP contribution is -2.58. The SMILES string of the molecule is C.O=C(N[C@@H](Cc1ccccc1)C(=O)N1CCC[C@H]2OCC(=O)[C@H]21)c1ccoc1.S.S. The summed E-state index contributed by atoms with van der Waals surface area (Å²) in [5.74, 6) is -0.711. The Morgan fingerprint density at radius 2 is 1.90 bits per heavy atom. The molecule has 1 aromatic heterocycles. The number of benzene rings is 1. The van der Waals surface area contributed by atoms with Gasteiger partial charge in [0, 0.05) is 13.0 Å². The minimum atomic E-state index is -0.781. The van der Waals surface area contributed by atoms with Gasteiger partial charge in [0.25, 0.3) is 5.91 Å². The fraction of sp³-hybridized carbons (Fsp3) is 0.409. The first kappa shape index (κ1) is 26.8. The van der Waals surface area contributed by atoms with Crippen molar-refractivity contribution >= 4 is 44.6 Å². The Hall–Kier alpha value is -2.23. The summed E-state index contributed by atoms with van der Waals surface area (Å²) in [5.41, 5.74) is 1.28. The monoisotopic (exact) mass is 466 g/mol. The Labute approximate surface area is 196 Å². The number of hydrogen-bond acceptors (Lipinski definition) is 5. The lowest BCUT2D eigenvalue weighted by atomic mass is 9.95. The van der Waals surface area contributed by atoms with Crippen molar-refractivity contribution in [3.05, 3.63) is 60.1 Å². The lowest BCUT2D eigenvalue weighted by Gasteiger charge is -2.37. The van der Waals surface area contributed by atoms with E-state index in [1.807, 2.05) is 30.3 Å². The average molecular weight is 467 g/mol. The van der Waals surface area contributed by atoms with Gasteiger partial charge in [-0.25, -0.2) is 0 Å². The first-order valence-electron chi connectivity index (χ1n) is 9.45. The van der Waals surface area contributed by atoms with E-state index in [9.17, 15) is 14.4 Å². The summed E-state index contributed by atoms with van der Waals surface area (Å²) in [6.07, 6.45) is 4.38. The fourth-order valence-electron chi connectivity index (χ4n) is 3.92. The number of ketones is 1. The van der Waals surface area contributed by atoms with E-state index in [1.165, 1.54) is 12.5 Å². The van der Waals surface area contributed by atoms with Gasteiger partial charge in [0.15, 0.2) is 5.78 Å². The van der Waals surface area contributed by atoms with Gasteiger partial charge < -0.3 is 19.4 Å². The van der Waals surface area contributed by atoms with Crippen molar-refractivity contribution < 1.29 is 23.5 Å². The molecule has 1 aromatic carbocycles. The van der Waals surface area contributed by atoms with E-state index in [4.69, 9.17) is 9.15 Å². The Kier molecular flexibility index (Phi) is 10.4. The van der Waals surface area contributed by atoms with Gasteiger partial charge in [0.1, 0.15) is 25.0 Å². The van der Waals surface area contributed by atoms with Crippen molar-refractivity contribution in [2.75, 3.05) is 13.2 Å². The van der Waals surface area contributed by atoms with E-state index in [0.29, 0.717) is 18.5 Å². The summed E-state index contributed by atoms with van der Waals surface area (Å²) in [5, 5.41) is 2.82. The molecule has 3 heterocycles. The van der Waals surface area contributed by atoms with Gasteiger partial charge >= 0.3 is 0 Å². The number of rotatable bonds is 5. The van der Waals surface area contributed by atoms with E-state index in [1.54, 1.807) is 11.0 Å². The van der Waals surface area contributed by atoms with Gasteiger partial charge in [-0.15, -0.1) is 0 Å². The molecule has 31 heavy (non-hydrogen) atoms. The third-order valence-corrected chi connectivity index (χ3v) is 5.30. The van der Waals surface area contributed by atoms with E-state index in [0.717, 1.165) is 18.4 Å². The van der Waals surface area contributed by atoms with Crippen molar-refractivity contribution in [2.24, 2.45) is 0 Å². The number of ether oxygens (including phenoxy) is 1. The number of piperidine rings is 1. The second-order valence-corrected chi connectivity index (χ2v) is 7.16. The highest BCUT2D eigenvalue weighted by Gasteiger charge is 2.45. The van der Waals surface area contributed by atoms with Crippen LogP contribution in [0.25, 0.3) is 0 Å². The molecule has 7 nitrogen and oxygen atoms in total. The summed E-state index contributed by atoms with van der Waals surface area (Å²) in [4.78, 5) is 39.8. The predicted molar refractivity (Wildman–Crippen MR) is 127 cm³/mol. The van der Waals surface area contributed by atoms with Crippen LogP contribution in [-0.4, -0.2) is 53.8 Å². The second kappa shape index (κ2) is 12.0. The molecular formula is C22H30N2O5S2. The molecule has 170 valence electrons. The number of likely N-dealkylation sites (tertiary alicyclic amines) is 1. The Morgan fingerprint density at radius 3 is 2.58 bits per heavy atom. The molecule has 2 aliphatic heterocycles. The Bertz CT molecular complexity index is 860. The van der Waals surface area contributed by atoms with Crippen molar-refractivity contribution in [1.29, 1.82) is 0 Å². The molecule has 1 N–H and O–H groups in total. The summed E-state index contributed by atoms with van der Waals surface area (Å²) >= 11 is 0. The van der Waals surface area contributed by atoms with Gasteiger partial charge in [-0.3, -0.25) is 14.4 Å². The molecule has 2 amide bonds. The van der Waals surface area contributed by atoms with Crippen LogP contribution in [0.4, 0.5) is 0 Å². The summed E-state index contributed by atoms with van der Waals surface area (Å²) in [6.45, 7) is 0.534. The summed E-state index contributed by atoms with van der Waals surface area (Å²) < 4.78 is 10.5. The molecule has 0 radical (unpaired) electrons. The van der Waals surface area contributed by atoms with Gasteiger partial charge in [0.2, 0.25) is 5.91 Å². The second-order valence-electron chi connectivity index (χ2n) is 7.16. The molecule has 2 saturated heterocycles. The molecule has 3 atom stereocenters. The molecule has 4 rings (SSSR count). The molecule has 9 heteroatoms. The third kappa shape index (κ3) is 5.93. The minimum absolute atomic E-state index is 0. The normalized spacial score (nSPS) is 20.4. The molecule has 0 saturated carbocycles. The van der Waals surface area contributed by atoms with Crippen LogP contribution in [0.3, 0.4) is 0 Å². The quantitative estimate of drug-likeness (QED) is 0.731. The number of furan rings is 1. The van der Waals surface area contributed by atoms with Crippen LogP contribution in [0.15, 0.2) is 53.3 Å². The third-order valence-electron chi connectivity index (χ3n) is 5.30. The van der Waals surface area contributed by atoms with Crippen LogP contribution in [0.2, 0.25) is 0 Å². The van der Waals surface area contributed by atoms with E-state index >= 15 is 0 Å². The summed E-state index contributed by atoms with van der Waals surface area (Å²) in [6, 6.07) is 9.71. The summed E-state index contributed by atoms with van der Waals surface area (Å²) in [7, 11) is 0. The standard InChI is InChI=1S/C21H22N2O5.CH4.2H2S/c24-17-13-28-18-7-4-9-23(19(17)18)21(26)16(11-14-5-2-1-3-6-14)22-20(25)15-8-10-27-12-15;;;/h1-3,5-6,8,10,12,16,18-19H,4,7,9,11,13H2,(H,22,25);1H4;2*1H2/t16-,18+,19+;;;/m0.../s1. The number of fused-ring (bicyclic) bond motifs is 1. The molecule has 2 fully saturated rings. The zero-order chi connectivity index (χ0) is 19.5. The van der Waals surface area contributed by atoms with Crippen molar-refractivity contribution in [1.82, 2.24) is 10.2 Å². The number of amides is 2. The first-order chi connectivity index (χ1) is 13.6. The predicted octanol–water partition coefficient (Wildman–Crippen LogP) is 2.44. The van der Waals surface area contributed by atoms with Crippen LogP contribution in [0.1, 0.15) is 36.2 Å².